The molecule has 4 aromatic rings. The number of benzene rings is 2. The SMILES string of the molecule is COc1cc(N(C)CCN(C)C)c(NC(=O)/C=C/CN(C)C)cc1Nc1cc(-c2ccc3c(cnn3C)c2)ncn1. The lowest BCUT2D eigenvalue weighted by Gasteiger charge is -2.26. The summed E-state index contributed by atoms with van der Waals surface area (Å²) in [6.45, 7) is 2.28. The summed E-state index contributed by atoms with van der Waals surface area (Å²) in [5, 5.41) is 11.8. The van der Waals surface area contributed by atoms with Gasteiger partial charge in [-0.05, 0) is 46.4 Å². The molecule has 1 amide bonds. The molecule has 0 spiro atoms. The van der Waals surface area contributed by atoms with Crippen LogP contribution in [0.5, 0.6) is 5.75 Å². The van der Waals surface area contributed by atoms with Crippen LogP contribution in [-0.4, -0.2) is 97.4 Å². The molecule has 0 atom stereocenters. The summed E-state index contributed by atoms with van der Waals surface area (Å²) in [6.07, 6.45) is 6.75. The average Bonchev–Trinajstić information content (AvgIpc) is 3.31. The Morgan fingerprint density at radius 2 is 1.80 bits per heavy atom. The lowest BCUT2D eigenvalue weighted by Crippen LogP contribution is -2.29. The molecule has 216 valence electrons. The fraction of sp³-hybridized carbons (Fsp3) is 0.333. The second-order valence-electron chi connectivity index (χ2n) is 10.4. The predicted octanol–water partition coefficient (Wildman–Crippen LogP) is 3.84. The normalized spacial score (nSPS) is 11.5. The molecule has 0 saturated heterocycles. The first-order valence-electron chi connectivity index (χ1n) is 13.4. The van der Waals surface area contributed by atoms with Gasteiger partial charge in [-0.25, -0.2) is 9.97 Å². The van der Waals surface area contributed by atoms with Crippen LogP contribution in [0.1, 0.15) is 0 Å². The summed E-state index contributed by atoms with van der Waals surface area (Å²) in [4.78, 5) is 28.0. The number of aromatic nitrogens is 4. The van der Waals surface area contributed by atoms with Crippen LogP contribution >= 0.6 is 0 Å². The number of hydrogen-bond donors (Lipinski definition) is 2. The van der Waals surface area contributed by atoms with E-state index in [1.54, 1.807) is 13.2 Å². The van der Waals surface area contributed by atoms with Gasteiger partial charge in [-0.3, -0.25) is 9.48 Å². The Bertz CT molecular complexity index is 1530. The molecule has 0 aliphatic rings. The number of nitrogens with zero attached hydrogens (tertiary/aromatic N) is 7. The third-order valence-corrected chi connectivity index (χ3v) is 6.58. The Hall–Kier alpha value is -4.48. The van der Waals surface area contributed by atoms with Crippen LogP contribution in [0.2, 0.25) is 0 Å². The number of hydrogen-bond acceptors (Lipinski definition) is 9. The van der Waals surface area contributed by atoms with Gasteiger partial charge in [0.25, 0.3) is 0 Å². The Balaban J connectivity index is 1.66. The minimum absolute atomic E-state index is 0.208. The first kappa shape index (κ1) is 29.5. The van der Waals surface area contributed by atoms with E-state index in [0.29, 0.717) is 29.5 Å². The van der Waals surface area contributed by atoms with Crippen LogP contribution in [0.15, 0.2) is 61.1 Å². The van der Waals surface area contributed by atoms with Crippen molar-refractivity contribution in [1.82, 2.24) is 29.5 Å². The van der Waals surface area contributed by atoms with Gasteiger partial charge in [-0.1, -0.05) is 12.1 Å². The van der Waals surface area contributed by atoms with Gasteiger partial charge in [-0.15, -0.1) is 0 Å². The molecule has 0 aliphatic heterocycles. The molecule has 0 radical (unpaired) electrons. The van der Waals surface area contributed by atoms with Gasteiger partial charge in [0.05, 0.1) is 41.6 Å². The van der Waals surface area contributed by atoms with Crippen molar-refractivity contribution in [1.29, 1.82) is 0 Å². The van der Waals surface area contributed by atoms with E-state index in [1.807, 2.05) is 94.5 Å². The van der Waals surface area contributed by atoms with Crippen molar-refractivity contribution in [3.05, 3.63) is 61.1 Å². The van der Waals surface area contributed by atoms with Crippen molar-refractivity contribution in [3.8, 4) is 17.0 Å². The fourth-order valence-electron chi connectivity index (χ4n) is 4.31. The number of rotatable bonds is 12. The van der Waals surface area contributed by atoms with Crippen molar-refractivity contribution in [2.75, 3.05) is 77.5 Å². The van der Waals surface area contributed by atoms with Gasteiger partial charge in [0, 0.05) is 62.9 Å². The predicted molar refractivity (Wildman–Crippen MR) is 166 cm³/mol. The summed E-state index contributed by atoms with van der Waals surface area (Å²) in [7, 11) is 13.5. The molecule has 11 heteroatoms. The smallest absolute Gasteiger partial charge is 0.248 e. The average molecular weight is 558 g/mol. The second kappa shape index (κ2) is 13.2. The fourth-order valence-corrected chi connectivity index (χ4v) is 4.31. The summed E-state index contributed by atoms with van der Waals surface area (Å²) in [5.41, 5.74) is 4.94. The third kappa shape index (κ3) is 7.59. The Labute approximate surface area is 241 Å². The number of carbonyl (C=O) groups excluding carboxylic acids is 1. The molecule has 4 rings (SSSR count). The molecule has 0 fully saturated rings. The van der Waals surface area contributed by atoms with Crippen molar-refractivity contribution < 1.29 is 9.53 Å². The zero-order valence-corrected chi connectivity index (χ0v) is 24.8. The largest absolute Gasteiger partial charge is 0.494 e. The van der Waals surface area contributed by atoms with Crippen LogP contribution in [0.25, 0.3) is 22.2 Å². The zero-order valence-electron chi connectivity index (χ0n) is 24.8. The molecular weight excluding hydrogens is 518 g/mol. The first-order chi connectivity index (χ1) is 19.6. The van der Waals surface area contributed by atoms with Crippen LogP contribution in [-0.2, 0) is 11.8 Å². The van der Waals surface area contributed by atoms with Gasteiger partial charge in [0.1, 0.15) is 17.9 Å². The number of fused-ring (bicyclic) bond motifs is 1. The minimum atomic E-state index is -0.208. The first-order valence-corrected chi connectivity index (χ1v) is 13.4. The second-order valence-corrected chi connectivity index (χ2v) is 10.4. The number of carbonyl (C=O) groups is 1. The standard InChI is InChI=1S/C30H39N9O2/c1-36(2)12-8-9-30(40)35-24-16-25(28(41-7)18-27(24)38(5)14-13-37(3)4)34-29-17-23(31-20-32-29)21-10-11-26-22(15-21)19-33-39(26)6/h8-11,15-20H,12-14H2,1-7H3,(H,35,40)(H,31,32,34)/b9-8+. The Morgan fingerprint density at radius 1 is 1.00 bits per heavy atom. The van der Waals surface area contributed by atoms with Crippen LogP contribution < -0.4 is 20.3 Å². The summed E-state index contributed by atoms with van der Waals surface area (Å²) in [6, 6.07) is 11.8. The molecule has 2 heterocycles. The molecule has 2 aromatic heterocycles. The van der Waals surface area contributed by atoms with Gasteiger partial charge in [0.15, 0.2) is 0 Å². The maximum Gasteiger partial charge on any atom is 0.248 e. The number of nitrogens with one attached hydrogen (secondary N) is 2. The highest BCUT2D eigenvalue weighted by Gasteiger charge is 2.17. The molecule has 0 aliphatic carbocycles. The number of methoxy groups -OCH3 is 1. The Kier molecular flexibility index (Phi) is 9.53. The van der Waals surface area contributed by atoms with Crippen molar-refractivity contribution >= 4 is 39.7 Å². The Morgan fingerprint density at radius 3 is 2.54 bits per heavy atom. The van der Waals surface area contributed by atoms with E-state index in [1.165, 1.54) is 6.33 Å². The number of amides is 1. The van der Waals surface area contributed by atoms with Gasteiger partial charge in [0.2, 0.25) is 5.91 Å². The number of likely N-dealkylation sites (N-methyl/N-ethyl adjacent to an activating group) is 3. The van der Waals surface area contributed by atoms with Gasteiger partial charge in [-0.2, -0.15) is 5.10 Å². The molecule has 41 heavy (non-hydrogen) atoms. The van der Waals surface area contributed by atoms with E-state index in [9.17, 15) is 4.79 Å². The minimum Gasteiger partial charge on any atom is -0.494 e. The zero-order chi connectivity index (χ0) is 29.5. The van der Waals surface area contributed by atoms with E-state index < -0.39 is 0 Å². The molecular formula is C30H39N9O2. The van der Waals surface area contributed by atoms with E-state index in [2.05, 4.69) is 41.6 Å². The summed E-state index contributed by atoms with van der Waals surface area (Å²) in [5.74, 6) is 1.01. The van der Waals surface area contributed by atoms with E-state index in [-0.39, 0.29) is 5.91 Å². The number of aryl methyl sites for hydroxylation is 1. The highest BCUT2D eigenvalue weighted by Crippen LogP contribution is 2.38. The van der Waals surface area contributed by atoms with Crippen LogP contribution in [0, 0.1) is 0 Å². The van der Waals surface area contributed by atoms with E-state index in [0.717, 1.165) is 40.9 Å². The highest BCUT2D eigenvalue weighted by atomic mass is 16.5. The molecule has 0 bridgehead atoms. The van der Waals surface area contributed by atoms with Crippen molar-refractivity contribution in [2.24, 2.45) is 7.05 Å². The molecule has 0 unspecified atom stereocenters. The van der Waals surface area contributed by atoms with Crippen molar-refractivity contribution in [3.63, 3.8) is 0 Å². The lowest BCUT2D eigenvalue weighted by molar-refractivity contribution is -0.111. The van der Waals surface area contributed by atoms with E-state index >= 15 is 0 Å². The monoisotopic (exact) mass is 557 g/mol. The quantitative estimate of drug-likeness (QED) is 0.252. The molecule has 11 nitrogen and oxygen atoms in total. The van der Waals surface area contributed by atoms with Crippen molar-refractivity contribution in [2.45, 2.75) is 0 Å². The third-order valence-electron chi connectivity index (χ3n) is 6.58. The maximum atomic E-state index is 12.8. The molecule has 2 aromatic carbocycles. The summed E-state index contributed by atoms with van der Waals surface area (Å²) >= 11 is 0. The van der Waals surface area contributed by atoms with Crippen LogP contribution in [0.4, 0.5) is 22.9 Å². The highest BCUT2D eigenvalue weighted by molar-refractivity contribution is 6.02. The summed E-state index contributed by atoms with van der Waals surface area (Å²) < 4.78 is 7.61. The molecule has 2 N–H and O–H groups in total. The lowest BCUT2D eigenvalue weighted by atomic mass is 10.1. The topological polar surface area (TPSA) is 104 Å². The maximum absolute atomic E-state index is 12.8. The number of anilines is 4. The van der Waals surface area contributed by atoms with E-state index in [4.69, 9.17) is 4.74 Å². The van der Waals surface area contributed by atoms with Gasteiger partial charge < -0.3 is 30.1 Å². The van der Waals surface area contributed by atoms with Gasteiger partial charge >= 0.3 is 0 Å². The van der Waals surface area contributed by atoms with Crippen LogP contribution in [0.3, 0.4) is 0 Å². The molecule has 0 saturated carbocycles. The number of ether oxygens (including phenoxy) is 1.